The quantitative estimate of drug-likeness (QED) is 0.280. The molecule has 1 aliphatic heterocycles. The van der Waals surface area contributed by atoms with Gasteiger partial charge in [-0.2, -0.15) is 0 Å². The van der Waals surface area contributed by atoms with E-state index in [1.807, 2.05) is 0 Å². The van der Waals surface area contributed by atoms with E-state index in [9.17, 15) is 15.3 Å². The van der Waals surface area contributed by atoms with Crippen LogP contribution >= 0.6 is 0 Å². The minimum Gasteiger partial charge on any atom is -0.388 e. The lowest BCUT2D eigenvalue weighted by atomic mass is 10.0. The van der Waals surface area contributed by atoms with Gasteiger partial charge in [0.1, 0.15) is 24.4 Å². The Bertz CT molecular complexity index is 339. The van der Waals surface area contributed by atoms with E-state index in [-0.39, 0.29) is 13.2 Å². The monoisotopic (exact) mass is 402 g/mol. The summed E-state index contributed by atoms with van der Waals surface area (Å²) >= 11 is 0. The Balaban J connectivity index is 1.75. The molecule has 0 amide bonds. The average Bonchev–Trinajstić information content (AvgIpc) is 3.03. The SMILES string of the molecule is CCCCCCCCCCCCCCCCCOC[C@H](O)[C@H]1OC[C@@H](O)[C@H]1O. The van der Waals surface area contributed by atoms with Crippen molar-refractivity contribution in [1.82, 2.24) is 0 Å². The first-order chi connectivity index (χ1) is 13.7. The zero-order chi connectivity index (χ0) is 20.5. The van der Waals surface area contributed by atoms with E-state index in [2.05, 4.69) is 6.92 Å². The van der Waals surface area contributed by atoms with Crippen molar-refractivity contribution in [1.29, 1.82) is 0 Å². The van der Waals surface area contributed by atoms with Crippen LogP contribution in [0.2, 0.25) is 0 Å². The van der Waals surface area contributed by atoms with E-state index >= 15 is 0 Å². The van der Waals surface area contributed by atoms with Gasteiger partial charge in [-0.25, -0.2) is 0 Å². The second-order valence-electron chi connectivity index (χ2n) is 8.45. The van der Waals surface area contributed by atoms with E-state index in [1.165, 1.54) is 83.5 Å². The van der Waals surface area contributed by atoms with Crippen molar-refractivity contribution in [2.24, 2.45) is 0 Å². The van der Waals surface area contributed by atoms with Crippen molar-refractivity contribution in [3.05, 3.63) is 0 Å². The van der Waals surface area contributed by atoms with Gasteiger partial charge in [0.15, 0.2) is 0 Å². The Labute approximate surface area is 172 Å². The summed E-state index contributed by atoms with van der Waals surface area (Å²) in [5, 5.41) is 29.0. The van der Waals surface area contributed by atoms with Crippen LogP contribution in [0.15, 0.2) is 0 Å². The van der Waals surface area contributed by atoms with Crippen molar-refractivity contribution in [2.45, 2.75) is 128 Å². The molecule has 1 rings (SSSR count). The molecule has 0 radical (unpaired) electrons. The molecule has 1 saturated heterocycles. The van der Waals surface area contributed by atoms with Gasteiger partial charge in [0.05, 0.1) is 13.2 Å². The van der Waals surface area contributed by atoms with Gasteiger partial charge in [0.25, 0.3) is 0 Å². The Morgan fingerprint density at radius 3 is 1.68 bits per heavy atom. The van der Waals surface area contributed by atoms with Gasteiger partial charge in [-0.3, -0.25) is 0 Å². The van der Waals surface area contributed by atoms with Crippen LogP contribution in [0.1, 0.15) is 103 Å². The molecule has 0 aliphatic carbocycles. The fourth-order valence-electron chi connectivity index (χ4n) is 3.84. The molecule has 168 valence electrons. The molecule has 1 fully saturated rings. The molecule has 0 bridgehead atoms. The smallest absolute Gasteiger partial charge is 0.114 e. The number of hydrogen-bond acceptors (Lipinski definition) is 5. The first-order valence-electron chi connectivity index (χ1n) is 11.9. The molecule has 5 nitrogen and oxygen atoms in total. The van der Waals surface area contributed by atoms with Crippen LogP contribution in [0.4, 0.5) is 0 Å². The molecule has 0 aromatic carbocycles. The molecule has 0 spiro atoms. The second kappa shape index (κ2) is 17.6. The molecule has 1 aliphatic rings. The van der Waals surface area contributed by atoms with Gasteiger partial charge < -0.3 is 24.8 Å². The summed E-state index contributed by atoms with van der Waals surface area (Å²) in [4.78, 5) is 0. The highest BCUT2D eigenvalue weighted by atomic mass is 16.5. The fraction of sp³-hybridized carbons (Fsp3) is 1.00. The summed E-state index contributed by atoms with van der Waals surface area (Å²) in [6.45, 7) is 3.11. The van der Waals surface area contributed by atoms with Crippen molar-refractivity contribution < 1.29 is 24.8 Å². The molecular formula is C23H46O5. The minimum absolute atomic E-state index is 0.0714. The van der Waals surface area contributed by atoms with Crippen LogP contribution in [0.5, 0.6) is 0 Å². The van der Waals surface area contributed by atoms with Crippen LogP contribution in [0.3, 0.4) is 0 Å². The summed E-state index contributed by atoms with van der Waals surface area (Å²) in [7, 11) is 0. The van der Waals surface area contributed by atoms with E-state index in [1.54, 1.807) is 0 Å². The van der Waals surface area contributed by atoms with Crippen LogP contribution in [0.25, 0.3) is 0 Å². The van der Waals surface area contributed by atoms with Gasteiger partial charge in [-0.05, 0) is 6.42 Å². The standard InChI is InChI=1S/C23H46O5/c1-2-3-4-5-6-7-8-9-10-11-12-13-14-15-16-17-27-18-21(25)23-22(26)20(24)19-28-23/h20-26H,2-19H2,1H3/t20-,21+,22-,23-/m1/s1. The van der Waals surface area contributed by atoms with Crippen LogP contribution in [-0.2, 0) is 9.47 Å². The predicted octanol–water partition coefficient (Wildman–Crippen LogP) is 4.36. The van der Waals surface area contributed by atoms with Crippen molar-refractivity contribution in [3.63, 3.8) is 0 Å². The first kappa shape index (κ1) is 25.8. The topological polar surface area (TPSA) is 79.2 Å². The molecule has 1 heterocycles. The summed E-state index contributed by atoms with van der Waals surface area (Å²) in [5.74, 6) is 0. The van der Waals surface area contributed by atoms with Crippen LogP contribution in [0, 0.1) is 0 Å². The normalized spacial score (nSPS) is 23.4. The highest BCUT2D eigenvalue weighted by Crippen LogP contribution is 2.18. The van der Waals surface area contributed by atoms with Crippen molar-refractivity contribution >= 4 is 0 Å². The third-order valence-electron chi connectivity index (χ3n) is 5.75. The Hall–Kier alpha value is -0.200. The maximum atomic E-state index is 9.94. The molecule has 28 heavy (non-hydrogen) atoms. The highest BCUT2D eigenvalue weighted by molar-refractivity contribution is 4.87. The molecule has 5 heteroatoms. The van der Waals surface area contributed by atoms with Crippen LogP contribution < -0.4 is 0 Å². The zero-order valence-electron chi connectivity index (χ0n) is 18.2. The number of ether oxygens (including phenoxy) is 2. The number of unbranched alkanes of at least 4 members (excludes halogenated alkanes) is 14. The van der Waals surface area contributed by atoms with E-state index in [0.717, 1.165) is 12.8 Å². The maximum Gasteiger partial charge on any atom is 0.114 e. The second-order valence-corrected chi connectivity index (χ2v) is 8.45. The Morgan fingerprint density at radius 1 is 0.786 bits per heavy atom. The van der Waals surface area contributed by atoms with Crippen LogP contribution in [-0.4, -0.2) is 59.6 Å². The fourth-order valence-corrected chi connectivity index (χ4v) is 3.84. The van der Waals surface area contributed by atoms with E-state index < -0.39 is 24.4 Å². The van der Waals surface area contributed by atoms with Gasteiger partial charge in [0, 0.05) is 6.61 Å². The summed E-state index contributed by atoms with van der Waals surface area (Å²) in [6, 6.07) is 0. The molecule has 3 N–H and O–H groups in total. The number of rotatable bonds is 19. The Morgan fingerprint density at radius 2 is 1.25 bits per heavy atom. The molecule has 0 saturated carbocycles. The first-order valence-corrected chi connectivity index (χ1v) is 11.9. The largest absolute Gasteiger partial charge is 0.388 e. The van der Waals surface area contributed by atoms with Gasteiger partial charge >= 0.3 is 0 Å². The number of aliphatic hydroxyl groups excluding tert-OH is 3. The van der Waals surface area contributed by atoms with Crippen molar-refractivity contribution in [2.75, 3.05) is 19.8 Å². The summed E-state index contributed by atoms with van der Waals surface area (Å²) < 4.78 is 10.7. The van der Waals surface area contributed by atoms with E-state index in [0.29, 0.717) is 6.61 Å². The molecular weight excluding hydrogens is 356 g/mol. The van der Waals surface area contributed by atoms with E-state index in [4.69, 9.17) is 9.47 Å². The molecule has 0 aromatic heterocycles. The number of aliphatic hydroxyl groups is 3. The van der Waals surface area contributed by atoms with Gasteiger partial charge in [-0.1, -0.05) is 96.8 Å². The summed E-state index contributed by atoms with van der Waals surface area (Å²) in [6.07, 6.45) is 16.5. The van der Waals surface area contributed by atoms with Crippen molar-refractivity contribution in [3.8, 4) is 0 Å². The lowest BCUT2D eigenvalue weighted by molar-refractivity contribution is -0.0813. The third kappa shape index (κ3) is 12.4. The molecule has 4 atom stereocenters. The summed E-state index contributed by atoms with van der Waals surface area (Å²) in [5.41, 5.74) is 0. The highest BCUT2D eigenvalue weighted by Gasteiger charge is 2.39. The molecule has 0 aromatic rings. The third-order valence-corrected chi connectivity index (χ3v) is 5.75. The Kier molecular flexibility index (Phi) is 16.3. The predicted molar refractivity (Wildman–Crippen MR) is 114 cm³/mol. The molecule has 0 unspecified atom stereocenters. The minimum atomic E-state index is -1.02. The number of hydrogen-bond donors (Lipinski definition) is 3. The zero-order valence-corrected chi connectivity index (χ0v) is 18.2. The lowest BCUT2D eigenvalue weighted by Crippen LogP contribution is -2.40. The lowest BCUT2D eigenvalue weighted by Gasteiger charge is -2.20. The average molecular weight is 403 g/mol. The van der Waals surface area contributed by atoms with Gasteiger partial charge in [0.2, 0.25) is 0 Å². The van der Waals surface area contributed by atoms with Gasteiger partial charge in [-0.15, -0.1) is 0 Å². The maximum absolute atomic E-state index is 9.94.